The highest BCUT2D eigenvalue weighted by atomic mass is 35.5. The summed E-state index contributed by atoms with van der Waals surface area (Å²) in [6.07, 6.45) is -2.89. The van der Waals surface area contributed by atoms with Crippen molar-refractivity contribution in [3.8, 4) is 0 Å². The molecule has 14 heavy (non-hydrogen) atoms. The normalized spacial score (nSPS) is 13.4. The van der Waals surface area contributed by atoms with Gasteiger partial charge in [0, 0.05) is 10.6 Å². The van der Waals surface area contributed by atoms with Crippen LogP contribution in [0.3, 0.4) is 0 Å². The van der Waals surface area contributed by atoms with E-state index in [-0.39, 0.29) is 10.0 Å². The van der Waals surface area contributed by atoms with Crippen molar-refractivity contribution < 1.29 is 13.2 Å². The summed E-state index contributed by atoms with van der Waals surface area (Å²) in [6, 6.07) is 0.645. The first-order valence-corrected chi connectivity index (χ1v) is 4.38. The van der Waals surface area contributed by atoms with Crippen LogP contribution >= 0.6 is 23.2 Å². The minimum atomic E-state index is -2.89. The van der Waals surface area contributed by atoms with Gasteiger partial charge in [0.2, 0.25) is 0 Å². The second kappa shape index (κ2) is 4.38. The molecular weight excluding hydrogens is 238 g/mol. The molecule has 0 bridgehead atoms. The lowest BCUT2D eigenvalue weighted by Gasteiger charge is -2.14. The van der Waals surface area contributed by atoms with Crippen LogP contribution in [0, 0.1) is 5.82 Å². The van der Waals surface area contributed by atoms with Crippen LogP contribution in [-0.2, 0) is 0 Å². The Morgan fingerprint density at radius 1 is 1.14 bits per heavy atom. The van der Waals surface area contributed by atoms with Crippen LogP contribution < -0.4 is 5.73 Å². The molecule has 0 aliphatic carbocycles. The van der Waals surface area contributed by atoms with Crippen LogP contribution in [0.15, 0.2) is 12.1 Å². The molecule has 1 atom stereocenters. The molecular formula is C8H6Cl2F3N. The molecule has 78 valence electrons. The van der Waals surface area contributed by atoms with Gasteiger partial charge in [0.05, 0.1) is 11.1 Å². The van der Waals surface area contributed by atoms with Crippen molar-refractivity contribution in [3.63, 3.8) is 0 Å². The quantitative estimate of drug-likeness (QED) is 0.792. The molecule has 2 N–H and O–H groups in total. The second-order valence-corrected chi connectivity index (χ2v) is 3.43. The van der Waals surface area contributed by atoms with E-state index in [0.717, 1.165) is 0 Å². The first kappa shape index (κ1) is 11.6. The van der Waals surface area contributed by atoms with Gasteiger partial charge in [0.15, 0.2) is 0 Å². The van der Waals surface area contributed by atoms with Crippen LogP contribution in [0.1, 0.15) is 11.6 Å². The number of alkyl halides is 2. The van der Waals surface area contributed by atoms with E-state index in [9.17, 15) is 13.2 Å². The summed E-state index contributed by atoms with van der Waals surface area (Å²) in [7, 11) is 0. The Kier molecular flexibility index (Phi) is 3.64. The minimum Gasteiger partial charge on any atom is -0.319 e. The molecule has 0 spiro atoms. The molecule has 0 heterocycles. The van der Waals surface area contributed by atoms with Gasteiger partial charge in [-0.2, -0.15) is 0 Å². The lowest BCUT2D eigenvalue weighted by molar-refractivity contribution is 0.115. The van der Waals surface area contributed by atoms with Crippen molar-refractivity contribution in [2.45, 2.75) is 12.5 Å². The number of hydrogen-bond acceptors (Lipinski definition) is 1. The predicted molar refractivity (Wildman–Crippen MR) is 49.4 cm³/mol. The predicted octanol–water partition coefficient (Wildman–Crippen LogP) is 3.40. The summed E-state index contributed by atoms with van der Waals surface area (Å²) in [5.74, 6) is -0.994. The van der Waals surface area contributed by atoms with E-state index in [1.54, 1.807) is 0 Å². The molecule has 0 radical (unpaired) electrons. The fourth-order valence-corrected chi connectivity index (χ4v) is 1.41. The number of rotatable bonds is 2. The van der Waals surface area contributed by atoms with Gasteiger partial charge >= 0.3 is 0 Å². The lowest BCUT2D eigenvalue weighted by atomic mass is 10.1. The van der Waals surface area contributed by atoms with Gasteiger partial charge in [-0.1, -0.05) is 23.2 Å². The van der Waals surface area contributed by atoms with Gasteiger partial charge in [-0.05, 0) is 12.1 Å². The summed E-state index contributed by atoms with van der Waals surface area (Å²) < 4.78 is 37.7. The van der Waals surface area contributed by atoms with Gasteiger partial charge in [-0.15, -0.1) is 0 Å². The molecule has 1 rings (SSSR count). The molecule has 6 heteroatoms. The molecule has 1 aromatic rings. The van der Waals surface area contributed by atoms with Crippen molar-refractivity contribution >= 4 is 23.2 Å². The second-order valence-electron chi connectivity index (χ2n) is 2.62. The molecule has 0 saturated heterocycles. The van der Waals surface area contributed by atoms with Gasteiger partial charge in [0.25, 0.3) is 6.43 Å². The van der Waals surface area contributed by atoms with Gasteiger partial charge in [-0.25, -0.2) is 13.2 Å². The molecule has 0 aromatic heterocycles. The molecule has 1 nitrogen and oxygen atoms in total. The first-order valence-electron chi connectivity index (χ1n) is 3.62. The highest BCUT2D eigenvalue weighted by molar-refractivity contribution is 6.33. The third-order valence-electron chi connectivity index (χ3n) is 1.68. The average molecular weight is 244 g/mol. The Hall–Kier alpha value is -0.450. The number of benzene rings is 1. The van der Waals surface area contributed by atoms with Crippen molar-refractivity contribution in [2.24, 2.45) is 5.73 Å². The van der Waals surface area contributed by atoms with Crippen LogP contribution in [-0.4, -0.2) is 6.43 Å². The van der Waals surface area contributed by atoms with E-state index in [4.69, 9.17) is 28.9 Å². The maximum Gasteiger partial charge on any atom is 0.257 e. The monoisotopic (exact) mass is 243 g/mol. The maximum atomic E-state index is 13.2. The summed E-state index contributed by atoms with van der Waals surface area (Å²) in [5, 5.41) is -0.430. The summed E-state index contributed by atoms with van der Waals surface area (Å²) in [4.78, 5) is 0. The first-order chi connectivity index (χ1) is 6.45. The standard InChI is InChI=1S/C8H6Cl2F3N/c9-3-1-2-4(10)6(11)5(3)7(14)8(12)13/h1-2,7-8H,14H2/t7-/m0/s1. The molecule has 0 aliphatic heterocycles. The average Bonchev–Trinajstić information content (AvgIpc) is 2.12. The summed E-state index contributed by atoms with van der Waals surface area (Å²) in [5.41, 5.74) is 4.63. The third-order valence-corrected chi connectivity index (χ3v) is 2.31. The Balaban J connectivity index is 3.25. The Morgan fingerprint density at radius 2 is 1.64 bits per heavy atom. The zero-order chi connectivity index (χ0) is 10.9. The van der Waals surface area contributed by atoms with E-state index in [0.29, 0.717) is 0 Å². The molecule has 0 fully saturated rings. The van der Waals surface area contributed by atoms with Crippen molar-refractivity contribution in [1.29, 1.82) is 0 Å². The van der Waals surface area contributed by atoms with Crippen molar-refractivity contribution in [2.75, 3.05) is 0 Å². The highest BCUT2D eigenvalue weighted by Crippen LogP contribution is 2.31. The fourth-order valence-electron chi connectivity index (χ4n) is 0.974. The van der Waals surface area contributed by atoms with E-state index in [2.05, 4.69) is 0 Å². The minimum absolute atomic E-state index is 0.153. The van der Waals surface area contributed by atoms with E-state index in [1.165, 1.54) is 12.1 Å². The van der Waals surface area contributed by atoms with E-state index < -0.39 is 23.8 Å². The van der Waals surface area contributed by atoms with Crippen LogP contribution in [0.2, 0.25) is 10.0 Å². The molecule has 0 amide bonds. The zero-order valence-electron chi connectivity index (χ0n) is 6.78. The Morgan fingerprint density at radius 3 is 2.14 bits per heavy atom. The largest absolute Gasteiger partial charge is 0.319 e. The smallest absolute Gasteiger partial charge is 0.257 e. The number of nitrogens with two attached hydrogens (primary N) is 1. The van der Waals surface area contributed by atoms with E-state index in [1.807, 2.05) is 0 Å². The molecule has 0 unspecified atom stereocenters. The summed E-state index contributed by atoms with van der Waals surface area (Å²) >= 11 is 10.9. The molecule has 1 aromatic carbocycles. The highest BCUT2D eigenvalue weighted by Gasteiger charge is 2.25. The summed E-state index contributed by atoms with van der Waals surface area (Å²) in [6.45, 7) is 0. The number of hydrogen-bond donors (Lipinski definition) is 1. The fraction of sp³-hybridized carbons (Fsp3) is 0.250. The topological polar surface area (TPSA) is 26.0 Å². The van der Waals surface area contributed by atoms with Crippen LogP contribution in [0.25, 0.3) is 0 Å². The Labute approximate surface area is 88.6 Å². The van der Waals surface area contributed by atoms with Crippen molar-refractivity contribution in [3.05, 3.63) is 33.6 Å². The SMILES string of the molecule is N[C@@H](c1c(Cl)ccc(Cl)c1F)C(F)F. The molecule has 0 saturated carbocycles. The van der Waals surface area contributed by atoms with Gasteiger partial charge in [0.1, 0.15) is 5.82 Å². The lowest BCUT2D eigenvalue weighted by Crippen LogP contribution is -2.20. The van der Waals surface area contributed by atoms with E-state index >= 15 is 0 Å². The van der Waals surface area contributed by atoms with Crippen LogP contribution in [0.4, 0.5) is 13.2 Å². The van der Waals surface area contributed by atoms with Gasteiger partial charge in [-0.3, -0.25) is 0 Å². The van der Waals surface area contributed by atoms with Gasteiger partial charge < -0.3 is 5.73 Å². The molecule has 0 aliphatic rings. The van der Waals surface area contributed by atoms with Crippen molar-refractivity contribution in [1.82, 2.24) is 0 Å². The number of halogens is 5. The third kappa shape index (κ3) is 2.13. The Bertz CT molecular complexity index is 344. The zero-order valence-corrected chi connectivity index (χ0v) is 8.29. The van der Waals surface area contributed by atoms with Crippen LogP contribution in [0.5, 0.6) is 0 Å². The maximum absolute atomic E-state index is 13.2.